The Kier molecular flexibility index (Phi) is 6.97. The van der Waals surface area contributed by atoms with Gasteiger partial charge in [-0.1, -0.05) is 31.2 Å². The van der Waals surface area contributed by atoms with Crippen molar-refractivity contribution < 1.29 is 29.0 Å². The highest BCUT2D eigenvalue weighted by molar-refractivity contribution is 6.00. The van der Waals surface area contributed by atoms with Gasteiger partial charge in [0.15, 0.2) is 0 Å². The van der Waals surface area contributed by atoms with E-state index >= 15 is 0 Å². The van der Waals surface area contributed by atoms with E-state index in [0.717, 1.165) is 19.5 Å². The highest BCUT2D eigenvalue weighted by atomic mass is 16.5. The molecule has 198 valence electrons. The van der Waals surface area contributed by atoms with Gasteiger partial charge in [-0.25, -0.2) is 0 Å². The zero-order chi connectivity index (χ0) is 25.5. The summed E-state index contributed by atoms with van der Waals surface area (Å²) < 4.78 is 12.2. The molecule has 0 aromatic carbocycles. The first-order valence-electron chi connectivity index (χ1n) is 13.2. The standard InChI is InChI=1S/C26H38N4O6/c1-3-8-28-9-4-6-25(2)19(22(28)32)20-23(33)30(13-16-31)21-24(34)29(10-5-7-26(20,21)36-25)12-11-27-14-17-35-18-15-27/h4-7,19-21,31H,3,8-18H2,1-2H3/t19-,20+,21?,25+,26+/m1/s1. The average Bonchev–Trinajstić information content (AvgIpc) is 3.13. The Balaban J connectivity index is 1.49. The van der Waals surface area contributed by atoms with Crippen molar-refractivity contribution in [2.24, 2.45) is 11.8 Å². The molecular weight excluding hydrogens is 464 g/mol. The van der Waals surface area contributed by atoms with Gasteiger partial charge in [-0.3, -0.25) is 19.3 Å². The summed E-state index contributed by atoms with van der Waals surface area (Å²) in [5, 5.41) is 9.80. The first kappa shape index (κ1) is 25.4. The van der Waals surface area contributed by atoms with Gasteiger partial charge < -0.3 is 29.3 Å². The van der Waals surface area contributed by atoms with Crippen molar-refractivity contribution in [1.29, 1.82) is 0 Å². The van der Waals surface area contributed by atoms with Crippen LogP contribution in [0.4, 0.5) is 0 Å². The molecule has 0 radical (unpaired) electrons. The lowest BCUT2D eigenvalue weighted by Crippen LogP contribution is -2.57. The SMILES string of the molecule is CCCN1CC=C[C@]2(C)O[C@]34C=CCN(CCN5CCOCC5)C(=O)C3N(CCO)C(=O)[C@@H]4[C@@H]2C1=O. The molecule has 10 nitrogen and oxygen atoms in total. The van der Waals surface area contributed by atoms with Crippen molar-refractivity contribution >= 4 is 17.7 Å². The first-order chi connectivity index (χ1) is 17.4. The number of amides is 3. The summed E-state index contributed by atoms with van der Waals surface area (Å²) >= 11 is 0. The smallest absolute Gasteiger partial charge is 0.249 e. The zero-order valence-electron chi connectivity index (χ0n) is 21.3. The van der Waals surface area contributed by atoms with E-state index in [4.69, 9.17) is 9.47 Å². The molecule has 0 saturated carbocycles. The Morgan fingerprint density at radius 2 is 1.61 bits per heavy atom. The predicted molar refractivity (Wildman–Crippen MR) is 131 cm³/mol. The van der Waals surface area contributed by atoms with Crippen molar-refractivity contribution in [2.75, 3.05) is 72.2 Å². The fourth-order valence-electron chi connectivity index (χ4n) is 6.73. The van der Waals surface area contributed by atoms with Gasteiger partial charge in [0.05, 0.1) is 37.3 Å². The fraction of sp³-hybridized carbons (Fsp3) is 0.731. The maximum absolute atomic E-state index is 14.1. The maximum Gasteiger partial charge on any atom is 0.249 e. The van der Waals surface area contributed by atoms with Crippen molar-refractivity contribution in [2.45, 2.75) is 37.5 Å². The Bertz CT molecular complexity index is 949. The fourth-order valence-corrected chi connectivity index (χ4v) is 6.73. The highest BCUT2D eigenvalue weighted by Crippen LogP contribution is 2.57. The number of likely N-dealkylation sites (tertiary alicyclic amines) is 1. The van der Waals surface area contributed by atoms with Gasteiger partial charge in [0.1, 0.15) is 11.6 Å². The number of aliphatic hydroxyl groups excluding tert-OH is 1. The molecule has 0 aliphatic carbocycles. The van der Waals surface area contributed by atoms with Crippen LogP contribution in [-0.2, 0) is 23.9 Å². The Morgan fingerprint density at radius 1 is 0.917 bits per heavy atom. The Morgan fingerprint density at radius 3 is 2.31 bits per heavy atom. The van der Waals surface area contributed by atoms with Gasteiger partial charge in [-0.2, -0.15) is 0 Å². The summed E-state index contributed by atoms with van der Waals surface area (Å²) in [5.41, 5.74) is -2.26. The monoisotopic (exact) mass is 502 g/mol. The summed E-state index contributed by atoms with van der Waals surface area (Å²) in [6.07, 6.45) is 8.41. The highest BCUT2D eigenvalue weighted by Gasteiger charge is 2.74. The molecular formula is C26H38N4O6. The van der Waals surface area contributed by atoms with E-state index in [1.165, 1.54) is 4.90 Å². The molecule has 5 atom stereocenters. The normalized spacial score (nSPS) is 36.7. The minimum Gasteiger partial charge on any atom is -0.395 e. The topological polar surface area (TPSA) is 103 Å². The van der Waals surface area contributed by atoms with Crippen LogP contribution in [0, 0.1) is 11.8 Å². The second kappa shape index (κ2) is 9.89. The molecule has 0 bridgehead atoms. The average molecular weight is 503 g/mol. The number of ether oxygens (including phenoxy) is 2. The van der Waals surface area contributed by atoms with E-state index in [0.29, 0.717) is 45.9 Å². The quantitative estimate of drug-likeness (QED) is 0.468. The molecule has 5 heterocycles. The second-order valence-corrected chi connectivity index (χ2v) is 10.6. The molecule has 1 N–H and O–H groups in total. The summed E-state index contributed by atoms with van der Waals surface area (Å²) in [4.78, 5) is 49.1. The third kappa shape index (κ3) is 3.98. The van der Waals surface area contributed by atoms with Gasteiger partial charge in [0.2, 0.25) is 17.7 Å². The van der Waals surface area contributed by atoms with Crippen molar-refractivity contribution in [3.8, 4) is 0 Å². The molecule has 0 aromatic rings. The van der Waals surface area contributed by atoms with Crippen LogP contribution in [0.3, 0.4) is 0 Å². The van der Waals surface area contributed by atoms with Crippen molar-refractivity contribution in [3.63, 3.8) is 0 Å². The lowest BCUT2D eigenvalue weighted by Gasteiger charge is -2.37. The molecule has 3 amide bonds. The van der Waals surface area contributed by atoms with Crippen LogP contribution in [0.2, 0.25) is 0 Å². The van der Waals surface area contributed by atoms with Gasteiger partial charge in [-0.15, -0.1) is 0 Å². The molecule has 1 spiro atoms. The van der Waals surface area contributed by atoms with Gasteiger partial charge in [-0.05, 0) is 13.3 Å². The van der Waals surface area contributed by atoms with E-state index in [1.807, 2.05) is 38.2 Å². The molecule has 36 heavy (non-hydrogen) atoms. The van der Waals surface area contributed by atoms with E-state index < -0.39 is 29.1 Å². The number of β-amino-alcohol motifs (C(OH)–C–C–N with tert-alkyl or cyclic N) is 1. The third-order valence-electron chi connectivity index (χ3n) is 8.35. The van der Waals surface area contributed by atoms with E-state index in [-0.39, 0.29) is 30.9 Å². The number of morpholine rings is 1. The summed E-state index contributed by atoms with van der Waals surface area (Å²) in [6, 6.07) is -0.921. The number of hydrogen-bond donors (Lipinski definition) is 1. The third-order valence-corrected chi connectivity index (χ3v) is 8.35. The minimum absolute atomic E-state index is 0.0220. The van der Waals surface area contributed by atoms with Crippen LogP contribution >= 0.6 is 0 Å². The zero-order valence-corrected chi connectivity index (χ0v) is 21.3. The van der Waals surface area contributed by atoms with Crippen LogP contribution in [0.15, 0.2) is 24.3 Å². The van der Waals surface area contributed by atoms with Crippen molar-refractivity contribution in [1.82, 2.24) is 19.6 Å². The molecule has 5 rings (SSSR count). The number of nitrogens with zero attached hydrogens (tertiary/aromatic N) is 4. The van der Waals surface area contributed by atoms with E-state index in [1.54, 1.807) is 9.80 Å². The summed E-state index contributed by atoms with van der Waals surface area (Å²) in [5.74, 6) is -2.17. The van der Waals surface area contributed by atoms with Crippen LogP contribution in [0.1, 0.15) is 20.3 Å². The molecule has 3 fully saturated rings. The number of fused-ring (bicyclic) bond motifs is 2. The molecule has 3 saturated heterocycles. The van der Waals surface area contributed by atoms with Gasteiger partial charge in [0, 0.05) is 52.4 Å². The van der Waals surface area contributed by atoms with Crippen LogP contribution < -0.4 is 0 Å². The predicted octanol–water partition coefficient (Wildman–Crippen LogP) is -0.511. The minimum atomic E-state index is -1.26. The lowest BCUT2D eigenvalue weighted by atomic mass is 9.74. The summed E-state index contributed by atoms with van der Waals surface area (Å²) in [7, 11) is 0. The largest absolute Gasteiger partial charge is 0.395 e. The molecule has 10 heteroatoms. The first-order valence-corrected chi connectivity index (χ1v) is 13.2. The lowest BCUT2D eigenvalue weighted by molar-refractivity contribution is -0.153. The number of carbonyl (C=O) groups excluding carboxylic acids is 3. The second-order valence-electron chi connectivity index (χ2n) is 10.6. The number of hydrogen-bond acceptors (Lipinski definition) is 7. The van der Waals surface area contributed by atoms with Crippen molar-refractivity contribution in [3.05, 3.63) is 24.3 Å². The van der Waals surface area contributed by atoms with Crippen LogP contribution in [0.25, 0.3) is 0 Å². The Labute approximate surface area is 212 Å². The molecule has 1 unspecified atom stereocenters. The maximum atomic E-state index is 14.1. The van der Waals surface area contributed by atoms with Gasteiger partial charge >= 0.3 is 0 Å². The molecule has 5 aliphatic heterocycles. The summed E-state index contributed by atoms with van der Waals surface area (Å²) in [6.45, 7) is 9.37. The van der Waals surface area contributed by atoms with Crippen LogP contribution in [-0.4, -0.2) is 132 Å². The van der Waals surface area contributed by atoms with E-state index in [9.17, 15) is 19.5 Å². The number of rotatable bonds is 7. The number of carbonyl (C=O) groups is 3. The van der Waals surface area contributed by atoms with Gasteiger partial charge in [0.25, 0.3) is 0 Å². The van der Waals surface area contributed by atoms with E-state index in [2.05, 4.69) is 4.90 Å². The van der Waals surface area contributed by atoms with Crippen LogP contribution in [0.5, 0.6) is 0 Å². The Hall–Kier alpha value is -2.27. The molecule has 5 aliphatic rings. The number of aliphatic hydroxyl groups is 1. The molecule has 0 aromatic heterocycles.